The maximum absolute atomic E-state index is 8.85. The number of rotatable bonds is 5. The number of unbranched alkanes of at least 4 members (excludes halogenated alkanes) is 3. The van der Waals surface area contributed by atoms with Gasteiger partial charge in [-0.3, -0.25) is 0 Å². The second kappa shape index (κ2) is 6.09. The van der Waals surface area contributed by atoms with E-state index in [2.05, 4.69) is 6.92 Å². The lowest BCUT2D eigenvalue weighted by Crippen LogP contribution is -2.00. The summed E-state index contributed by atoms with van der Waals surface area (Å²) in [4.78, 5) is 0. The lowest BCUT2D eigenvalue weighted by Gasteiger charge is -1.99. The summed E-state index contributed by atoms with van der Waals surface area (Å²) in [5.74, 6) is 0. The summed E-state index contributed by atoms with van der Waals surface area (Å²) in [7, 11) is 0. The first kappa shape index (κ1) is 8.96. The van der Waals surface area contributed by atoms with Crippen molar-refractivity contribution in [3.63, 3.8) is 0 Å². The van der Waals surface area contributed by atoms with E-state index in [1.165, 1.54) is 25.7 Å². The first-order valence-electron chi connectivity index (χ1n) is 3.95. The second-order valence-electron chi connectivity index (χ2n) is 2.70. The molecule has 2 radical (unpaired) electrons. The van der Waals surface area contributed by atoms with E-state index in [1.54, 1.807) is 0 Å². The van der Waals surface area contributed by atoms with Crippen LogP contribution in [-0.4, -0.2) is 6.04 Å². The molecule has 1 atom stereocenters. The Balaban J connectivity index is 2.75. The number of nitrogens with zero attached hydrogens (tertiary/aromatic N) is 1. The molecule has 0 aliphatic carbocycles. The van der Waals surface area contributed by atoms with E-state index in [9.17, 15) is 0 Å². The van der Waals surface area contributed by atoms with Crippen molar-refractivity contribution in [2.45, 2.75) is 52.0 Å². The van der Waals surface area contributed by atoms with Crippen LogP contribution in [0.3, 0.4) is 0 Å². The molecule has 0 saturated heterocycles. The average molecular weight is 127 g/mol. The molecule has 0 fully saturated rings. The highest BCUT2D eigenvalue weighted by Gasteiger charge is 1.94. The third-order valence-corrected chi connectivity index (χ3v) is 1.48. The van der Waals surface area contributed by atoms with Gasteiger partial charge in [-0.25, -0.2) is 0 Å². The molecule has 0 aromatic carbocycles. The highest BCUT2D eigenvalue weighted by molar-refractivity contribution is 4.51. The van der Waals surface area contributed by atoms with E-state index in [1.807, 2.05) is 6.92 Å². The van der Waals surface area contributed by atoms with Crippen molar-refractivity contribution in [2.75, 3.05) is 0 Å². The second-order valence-corrected chi connectivity index (χ2v) is 2.70. The minimum Gasteiger partial charge on any atom is -0.141 e. The van der Waals surface area contributed by atoms with Gasteiger partial charge in [-0.05, 0) is 13.3 Å². The Bertz CT molecular complexity index is 50.5. The summed E-state index contributed by atoms with van der Waals surface area (Å²) >= 11 is 0. The van der Waals surface area contributed by atoms with Gasteiger partial charge in [-0.1, -0.05) is 32.6 Å². The molecule has 0 spiro atoms. The van der Waals surface area contributed by atoms with Crippen LogP contribution in [0.15, 0.2) is 0 Å². The van der Waals surface area contributed by atoms with E-state index < -0.39 is 0 Å². The zero-order valence-electron chi connectivity index (χ0n) is 6.56. The van der Waals surface area contributed by atoms with Gasteiger partial charge in [-0.15, -0.1) is 5.73 Å². The Morgan fingerprint density at radius 1 is 1.22 bits per heavy atom. The Labute approximate surface area is 58.6 Å². The fourth-order valence-electron chi connectivity index (χ4n) is 0.867. The third-order valence-electron chi connectivity index (χ3n) is 1.48. The summed E-state index contributed by atoms with van der Waals surface area (Å²) in [6, 6.07) is -0.0955. The molecule has 9 heavy (non-hydrogen) atoms. The molecular weight excluding hydrogens is 110 g/mol. The average Bonchev–Trinajstić information content (AvgIpc) is 1.80. The van der Waals surface area contributed by atoms with Crippen LogP contribution in [0, 0.1) is 0 Å². The SMILES string of the molecule is CCCCCCC(C)[N]. The Hall–Kier alpha value is -0.0400. The molecule has 0 aliphatic heterocycles. The topological polar surface area (TPSA) is 22.3 Å². The van der Waals surface area contributed by atoms with Crippen molar-refractivity contribution in [1.82, 2.24) is 5.73 Å². The standard InChI is InChI=1S/C8H17N/c1-3-4-5-6-7-8(2)9/h8H,3-7H2,1-2H3. The molecule has 0 aromatic heterocycles. The fourth-order valence-corrected chi connectivity index (χ4v) is 0.867. The van der Waals surface area contributed by atoms with Crippen molar-refractivity contribution in [1.29, 1.82) is 0 Å². The highest BCUT2D eigenvalue weighted by Crippen LogP contribution is 2.03. The van der Waals surface area contributed by atoms with Crippen LogP contribution in [0.4, 0.5) is 0 Å². The molecule has 1 unspecified atom stereocenters. The van der Waals surface area contributed by atoms with Crippen LogP contribution in [0.2, 0.25) is 0 Å². The van der Waals surface area contributed by atoms with E-state index in [0.717, 1.165) is 6.42 Å². The zero-order chi connectivity index (χ0) is 7.11. The van der Waals surface area contributed by atoms with Gasteiger partial charge >= 0.3 is 0 Å². The Kier molecular flexibility index (Phi) is 6.06. The van der Waals surface area contributed by atoms with Crippen molar-refractivity contribution in [2.24, 2.45) is 0 Å². The lowest BCUT2D eigenvalue weighted by molar-refractivity contribution is 0.566. The van der Waals surface area contributed by atoms with Crippen LogP contribution in [0.5, 0.6) is 0 Å². The van der Waals surface area contributed by atoms with Gasteiger partial charge in [0.05, 0.1) is 0 Å². The van der Waals surface area contributed by atoms with E-state index in [4.69, 9.17) is 5.73 Å². The molecule has 0 rings (SSSR count). The molecular formula is C8H17N. The summed E-state index contributed by atoms with van der Waals surface area (Å²) in [5, 5.41) is 0. The van der Waals surface area contributed by atoms with Crippen LogP contribution < -0.4 is 5.73 Å². The third kappa shape index (κ3) is 7.96. The van der Waals surface area contributed by atoms with Crippen LogP contribution in [-0.2, 0) is 0 Å². The predicted molar refractivity (Wildman–Crippen MR) is 40.4 cm³/mol. The molecule has 54 valence electrons. The minimum atomic E-state index is -0.0955. The Morgan fingerprint density at radius 3 is 2.33 bits per heavy atom. The quantitative estimate of drug-likeness (QED) is 0.506. The Morgan fingerprint density at radius 2 is 1.89 bits per heavy atom. The maximum atomic E-state index is 8.85. The highest BCUT2D eigenvalue weighted by atomic mass is 14.6. The monoisotopic (exact) mass is 127 g/mol. The van der Waals surface area contributed by atoms with E-state index >= 15 is 0 Å². The molecule has 0 N–H and O–H groups in total. The summed E-state index contributed by atoms with van der Waals surface area (Å²) in [6.07, 6.45) is 6.03. The molecule has 0 aliphatic rings. The van der Waals surface area contributed by atoms with Crippen molar-refractivity contribution >= 4 is 0 Å². The van der Waals surface area contributed by atoms with Gasteiger partial charge in [0.15, 0.2) is 0 Å². The van der Waals surface area contributed by atoms with Crippen LogP contribution in [0.1, 0.15) is 46.0 Å². The first-order valence-corrected chi connectivity index (χ1v) is 3.95. The van der Waals surface area contributed by atoms with Gasteiger partial charge in [0.2, 0.25) is 0 Å². The zero-order valence-corrected chi connectivity index (χ0v) is 6.56. The van der Waals surface area contributed by atoms with Crippen LogP contribution >= 0.6 is 0 Å². The number of hydrogen-bond donors (Lipinski definition) is 0. The van der Waals surface area contributed by atoms with Gasteiger partial charge < -0.3 is 0 Å². The summed E-state index contributed by atoms with van der Waals surface area (Å²) in [6.45, 7) is 4.05. The summed E-state index contributed by atoms with van der Waals surface area (Å²) < 4.78 is 0. The largest absolute Gasteiger partial charge is 0.141 e. The van der Waals surface area contributed by atoms with Gasteiger partial charge in [0.1, 0.15) is 0 Å². The van der Waals surface area contributed by atoms with Crippen LogP contribution in [0.25, 0.3) is 0 Å². The van der Waals surface area contributed by atoms with E-state index in [0.29, 0.717) is 0 Å². The summed E-state index contributed by atoms with van der Waals surface area (Å²) in [5.41, 5.74) is 8.85. The number of hydrogen-bond acceptors (Lipinski definition) is 0. The molecule has 0 amide bonds. The molecule has 0 saturated carbocycles. The van der Waals surface area contributed by atoms with Gasteiger partial charge in [-0.2, -0.15) is 0 Å². The van der Waals surface area contributed by atoms with Gasteiger partial charge in [0, 0.05) is 6.04 Å². The van der Waals surface area contributed by atoms with Crippen molar-refractivity contribution in [3.8, 4) is 0 Å². The molecule has 1 heteroatoms. The van der Waals surface area contributed by atoms with E-state index in [-0.39, 0.29) is 6.04 Å². The molecule has 0 aromatic rings. The van der Waals surface area contributed by atoms with Crippen molar-refractivity contribution in [3.05, 3.63) is 0 Å². The van der Waals surface area contributed by atoms with Gasteiger partial charge in [0.25, 0.3) is 0 Å². The van der Waals surface area contributed by atoms with Crippen molar-refractivity contribution < 1.29 is 0 Å². The lowest BCUT2D eigenvalue weighted by atomic mass is 10.1. The molecule has 0 bridgehead atoms. The minimum absolute atomic E-state index is 0.0955. The predicted octanol–water partition coefficient (Wildman–Crippen LogP) is 2.41. The first-order chi connectivity index (χ1) is 4.27. The molecule has 1 nitrogen and oxygen atoms in total. The normalized spacial score (nSPS) is 13.7. The molecule has 0 heterocycles. The fraction of sp³-hybridized carbons (Fsp3) is 1.00. The smallest absolute Gasteiger partial charge is 0.0405 e. The maximum Gasteiger partial charge on any atom is 0.0405 e.